The third-order valence-electron chi connectivity index (χ3n) is 3.84. The van der Waals surface area contributed by atoms with Crippen LogP contribution in [0.2, 0.25) is 0 Å². The molecule has 1 amide bonds. The number of primary amides is 1. The van der Waals surface area contributed by atoms with E-state index in [1.165, 1.54) is 32.1 Å². The van der Waals surface area contributed by atoms with Crippen LogP contribution in [0.1, 0.15) is 63.3 Å². The lowest BCUT2D eigenvalue weighted by atomic mass is 10.0. The summed E-state index contributed by atoms with van der Waals surface area (Å²) >= 11 is 3.03. The maximum Gasteiger partial charge on any atom is 0.204 e. The van der Waals surface area contributed by atoms with Crippen LogP contribution >= 0.6 is 21.7 Å². The molecule has 0 aliphatic heterocycles. The molecule has 0 fully saturated rings. The number of benzene rings is 1. The van der Waals surface area contributed by atoms with Crippen LogP contribution in [-0.2, 0) is 30.5 Å². The van der Waals surface area contributed by atoms with Gasteiger partial charge in [-0.3, -0.25) is 9.93 Å². The molecular formula is C22H39N2OPS. The summed E-state index contributed by atoms with van der Waals surface area (Å²) in [5, 5.41) is 4.19. The van der Waals surface area contributed by atoms with E-state index in [-0.39, 0.29) is 6.41 Å². The molecule has 154 valence electrons. The number of allylic oxidation sites excluding steroid dienone is 2. The third kappa shape index (κ3) is 13.7. The lowest BCUT2D eigenvalue weighted by molar-refractivity contribution is -0.106. The Morgan fingerprint density at radius 1 is 1.07 bits per heavy atom. The second-order valence-corrected chi connectivity index (χ2v) is 7.65. The van der Waals surface area contributed by atoms with Crippen molar-refractivity contribution < 1.29 is 4.79 Å². The van der Waals surface area contributed by atoms with Crippen molar-refractivity contribution in [2.75, 3.05) is 0 Å². The van der Waals surface area contributed by atoms with Gasteiger partial charge in [0.15, 0.2) is 0 Å². The first-order valence-corrected chi connectivity index (χ1v) is 10.6. The van der Waals surface area contributed by atoms with Crippen molar-refractivity contribution in [3.63, 3.8) is 0 Å². The molecule has 0 saturated carbocycles. The van der Waals surface area contributed by atoms with Gasteiger partial charge in [-0.15, -0.1) is 21.7 Å². The fraction of sp³-hybridized carbons (Fsp3) is 0.545. The molecule has 2 aliphatic rings. The average Bonchev–Trinajstić information content (AvgIpc) is 3.20. The van der Waals surface area contributed by atoms with E-state index in [0.717, 1.165) is 11.8 Å². The van der Waals surface area contributed by atoms with Gasteiger partial charge in [-0.05, 0) is 78.9 Å². The molecule has 0 aromatic heterocycles. The van der Waals surface area contributed by atoms with Crippen molar-refractivity contribution >= 4 is 33.9 Å². The van der Waals surface area contributed by atoms with E-state index >= 15 is 0 Å². The number of carbonyl (C=O) groups excluding carboxylic acids is 1. The van der Waals surface area contributed by atoms with Crippen LogP contribution in [0, 0.1) is 11.8 Å². The van der Waals surface area contributed by atoms with Gasteiger partial charge < -0.3 is 5.73 Å². The van der Waals surface area contributed by atoms with Gasteiger partial charge in [0.25, 0.3) is 0 Å². The highest BCUT2D eigenvalue weighted by atomic mass is 32.1. The SMILES string of the molecule is C/C=C\C=P.CC(C)C.CC1Cc2cc3c(cc2C1)CCC3.NC=O.NS. The molecule has 5 heteroatoms. The predicted molar refractivity (Wildman–Crippen MR) is 128 cm³/mol. The van der Waals surface area contributed by atoms with Crippen molar-refractivity contribution in [3.8, 4) is 0 Å². The summed E-state index contributed by atoms with van der Waals surface area (Å²) in [6.07, 6.45) is 10.8. The Labute approximate surface area is 174 Å². The highest BCUT2D eigenvalue weighted by Gasteiger charge is 2.21. The number of aryl methyl sites for hydroxylation is 2. The maximum atomic E-state index is 8.58. The molecule has 4 N–H and O–H groups in total. The van der Waals surface area contributed by atoms with Gasteiger partial charge in [-0.1, -0.05) is 52.0 Å². The Morgan fingerprint density at radius 3 is 1.70 bits per heavy atom. The number of hydrogen-bond acceptors (Lipinski definition) is 3. The largest absolute Gasteiger partial charge is 0.372 e. The van der Waals surface area contributed by atoms with Gasteiger partial charge in [0, 0.05) is 0 Å². The maximum absolute atomic E-state index is 8.58. The Kier molecular flexibility index (Phi) is 19.0. The van der Waals surface area contributed by atoms with Crippen molar-refractivity contribution in [3.05, 3.63) is 46.5 Å². The van der Waals surface area contributed by atoms with E-state index in [9.17, 15) is 0 Å². The first-order chi connectivity index (χ1) is 12.9. The van der Waals surface area contributed by atoms with Gasteiger partial charge in [0.2, 0.25) is 6.41 Å². The summed E-state index contributed by atoms with van der Waals surface area (Å²) in [4.78, 5) is 8.58. The molecule has 27 heavy (non-hydrogen) atoms. The summed E-state index contributed by atoms with van der Waals surface area (Å²) in [5.41, 5.74) is 10.8. The molecule has 0 unspecified atom stereocenters. The summed E-state index contributed by atoms with van der Waals surface area (Å²) in [5.74, 6) is 3.53. The Morgan fingerprint density at radius 2 is 1.44 bits per heavy atom. The van der Waals surface area contributed by atoms with Gasteiger partial charge in [-0.2, -0.15) is 0 Å². The van der Waals surface area contributed by atoms with E-state index in [1.807, 2.05) is 19.1 Å². The van der Waals surface area contributed by atoms with Crippen molar-refractivity contribution in [2.45, 2.75) is 66.7 Å². The summed E-state index contributed by atoms with van der Waals surface area (Å²) in [7, 11) is 3.14. The number of nitrogens with two attached hydrogens (primary N) is 2. The van der Waals surface area contributed by atoms with Crippen LogP contribution < -0.4 is 10.9 Å². The first kappa shape index (κ1) is 28.1. The van der Waals surface area contributed by atoms with Crippen molar-refractivity contribution in [1.82, 2.24) is 0 Å². The van der Waals surface area contributed by atoms with Crippen molar-refractivity contribution in [1.29, 1.82) is 0 Å². The lowest BCUT2D eigenvalue weighted by Gasteiger charge is -2.03. The highest BCUT2D eigenvalue weighted by Crippen LogP contribution is 2.32. The second-order valence-electron chi connectivity index (χ2n) is 7.32. The Balaban J connectivity index is 0. The molecule has 0 atom stereocenters. The molecule has 3 rings (SSSR count). The number of amides is 1. The minimum Gasteiger partial charge on any atom is -0.372 e. The molecule has 1 aromatic carbocycles. The van der Waals surface area contributed by atoms with Gasteiger partial charge >= 0.3 is 0 Å². The smallest absolute Gasteiger partial charge is 0.204 e. The molecule has 0 spiro atoms. The number of fused-ring (bicyclic) bond motifs is 2. The normalized spacial score (nSPS) is 13.5. The molecule has 2 aliphatic carbocycles. The molecule has 3 nitrogen and oxygen atoms in total. The molecule has 1 aromatic rings. The minimum absolute atomic E-state index is 0.250. The zero-order valence-electron chi connectivity index (χ0n) is 17.7. The predicted octanol–water partition coefficient (Wildman–Crippen LogP) is 4.97. The van der Waals surface area contributed by atoms with Crippen molar-refractivity contribution in [2.24, 2.45) is 22.7 Å². The summed E-state index contributed by atoms with van der Waals surface area (Å²) < 4.78 is 0. The van der Waals surface area contributed by atoms with E-state index in [0.29, 0.717) is 0 Å². The molecule has 0 radical (unpaired) electrons. The number of carbonyl (C=O) groups is 1. The number of thiol groups is 1. The number of hydrogen-bond donors (Lipinski definition) is 3. The average molecular weight is 411 g/mol. The fourth-order valence-corrected chi connectivity index (χ4v) is 3.22. The molecule has 0 bridgehead atoms. The zero-order chi connectivity index (χ0) is 21.2. The summed E-state index contributed by atoms with van der Waals surface area (Å²) in [6, 6.07) is 4.97. The van der Waals surface area contributed by atoms with Crippen LogP contribution in [0.3, 0.4) is 0 Å². The monoisotopic (exact) mass is 410 g/mol. The first-order valence-electron chi connectivity index (χ1n) is 9.55. The number of rotatable bonds is 1. The van der Waals surface area contributed by atoms with E-state index in [2.05, 4.69) is 72.4 Å². The van der Waals surface area contributed by atoms with Crippen LogP contribution in [0.25, 0.3) is 0 Å². The van der Waals surface area contributed by atoms with E-state index in [4.69, 9.17) is 4.79 Å². The fourth-order valence-electron chi connectivity index (χ4n) is 3.03. The Hall–Kier alpha value is -1.09. The lowest BCUT2D eigenvalue weighted by Crippen LogP contribution is -1.89. The van der Waals surface area contributed by atoms with Gasteiger partial charge in [-0.25, -0.2) is 0 Å². The highest BCUT2D eigenvalue weighted by molar-refractivity contribution is 7.77. The molecule has 0 saturated heterocycles. The van der Waals surface area contributed by atoms with Gasteiger partial charge in [0.05, 0.1) is 0 Å². The van der Waals surface area contributed by atoms with Crippen LogP contribution in [0.15, 0.2) is 24.3 Å². The standard InChI is InChI=1S/C13H16.C4H7P.C4H10.CH3NO.H3NS/c1-9-5-12-7-10-3-2-4-11(10)8-13(12)6-9;1-2-3-4-5;1-4(2)3;2-1-3;1-2/h7-9H,2-6H2,1H3;2-5H,1H3;4H,1-3H3;1H,(H2,2,3);2H,1H2/b;3-2-;;;. The molecule has 0 heterocycles. The topological polar surface area (TPSA) is 69.1 Å². The van der Waals surface area contributed by atoms with Gasteiger partial charge in [0.1, 0.15) is 0 Å². The minimum atomic E-state index is 0.250. The summed E-state index contributed by atoms with van der Waals surface area (Å²) in [6.45, 7) is 10.8. The van der Waals surface area contributed by atoms with E-state index in [1.54, 1.807) is 28.1 Å². The quantitative estimate of drug-likeness (QED) is 0.347. The third-order valence-corrected chi connectivity index (χ3v) is 4.03. The Bertz CT molecular complexity index is 524. The van der Waals surface area contributed by atoms with Crippen LogP contribution in [-0.4, -0.2) is 12.2 Å². The van der Waals surface area contributed by atoms with Crippen LogP contribution in [0.5, 0.6) is 0 Å². The zero-order valence-corrected chi connectivity index (χ0v) is 19.6. The van der Waals surface area contributed by atoms with Crippen LogP contribution in [0.4, 0.5) is 0 Å². The molecular weight excluding hydrogens is 371 g/mol. The van der Waals surface area contributed by atoms with E-state index < -0.39 is 0 Å². The second kappa shape index (κ2) is 18.3.